The van der Waals surface area contributed by atoms with Crippen molar-refractivity contribution in [1.82, 2.24) is 15.6 Å². The second-order valence-electron chi connectivity index (χ2n) is 6.00. The molecular formula is C21H30N4O2. The van der Waals surface area contributed by atoms with Crippen molar-refractivity contribution in [3.63, 3.8) is 0 Å². The first-order chi connectivity index (χ1) is 13.3. The van der Waals surface area contributed by atoms with Crippen molar-refractivity contribution in [3.05, 3.63) is 53.7 Å². The van der Waals surface area contributed by atoms with Crippen LogP contribution >= 0.6 is 0 Å². The Labute approximate surface area is 162 Å². The van der Waals surface area contributed by atoms with Crippen LogP contribution in [-0.4, -0.2) is 37.7 Å². The van der Waals surface area contributed by atoms with E-state index in [-0.39, 0.29) is 0 Å². The van der Waals surface area contributed by atoms with Gasteiger partial charge in [0.1, 0.15) is 5.75 Å². The van der Waals surface area contributed by atoms with Crippen LogP contribution in [0.5, 0.6) is 11.6 Å². The minimum atomic E-state index is 0.511. The van der Waals surface area contributed by atoms with E-state index in [0.717, 1.165) is 43.2 Å². The van der Waals surface area contributed by atoms with Crippen molar-refractivity contribution in [2.24, 2.45) is 4.99 Å². The minimum Gasteiger partial charge on any atom is -0.496 e. The summed E-state index contributed by atoms with van der Waals surface area (Å²) < 4.78 is 11.1. The summed E-state index contributed by atoms with van der Waals surface area (Å²) in [5, 5.41) is 6.65. The zero-order valence-electron chi connectivity index (χ0n) is 16.5. The molecule has 2 N–H and O–H groups in total. The number of benzene rings is 1. The molecule has 0 atom stereocenters. The van der Waals surface area contributed by atoms with Crippen molar-refractivity contribution in [1.29, 1.82) is 0 Å². The summed E-state index contributed by atoms with van der Waals surface area (Å²) in [5.41, 5.74) is 2.15. The van der Waals surface area contributed by atoms with Crippen LogP contribution in [0.15, 0.2) is 47.6 Å². The molecule has 0 aliphatic rings. The van der Waals surface area contributed by atoms with Gasteiger partial charge in [-0.2, -0.15) is 0 Å². The number of rotatable bonds is 10. The molecule has 27 heavy (non-hydrogen) atoms. The number of aliphatic imine (C=N–C) groups is 1. The number of para-hydroxylation sites is 1. The topological polar surface area (TPSA) is 67.8 Å². The standard InChI is InChI=1S/C21H30N4O2/c1-4-15-27-20-18(10-8-13-23-20)16-25-21(22-5-2)24-14-12-17-9-6-7-11-19(17)26-3/h6-11,13H,4-5,12,14-16H2,1-3H3,(H2,22,24,25). The lowest BCUT2D eigenvalue weighted by molar-refractivity contribution is 0.302. The number of hydrogen-bond donors (Lipinski definition) is 2. The molecule has 0 aliphatic heterocycles. The predicted molar refractivity (Wildman–Crippen MR) is 110 cm³/mol. The minimum absolute atomic E-state index is 0.511. The van der Waals surface area contributed by atoms with Crippen LogP contribution in [-0.2, 0) is 13.0 Å². The van der Waals surface area contributed by atoms with Gasteiger partial charge in [0.05, 0.1) is 20.3 Å². The van der Waals surface area contributed by atoms with Gasteiger partial charge in [-0.15, -0.1) is 0 Å². The molecule has 0 unspecified atom stereocenters. The van der Waals surface area contributed by atoms with E-state index in [1.165, 1.54) is 5.56 Å². The molecule has 0 amide bonds. The average molecular weight is 370 g/mol. The Balaban J connectivity index is 1.96. The van der Waals surface area contributed by atoms with Gasteiger partial charge in [0.25, 0.3) is 0 Å². The van der Waals surface area contributed by atoms with Gasteiger partial charge in [-0.25, -0.2) is 9.98 Å². The number of nitrogens with one attached hydrogen (secondary N) is 2. The average Bonchev–Trinajstić information content (AvgIpc) is 2.71. The molecule has 6 nitrogen and oxygen atoms in total. The van der Waals surface area contributed by atoms with Crippen molar-refractivity contribution in [2.75, 3.05) is 26.8 Å². The van der Waals surface area contributed by atoms with Gasteiger partial charge in [-0.05, 0) is 37.5 Å². The summed E-state index contributed by atoms with van der Waals surface area (Å²) in [6, 6.07) is 12.0. The normalized spacial score (nSPS) is 11.1. The third kappa shape index (κ3) is 6.81. The number of guanidine groups is 1. The Hall–Kier alpha value is -2.76. The molecule has 0 spiro atoms. The number of pyridine rings is 1. The summed E-state index contributed by atoms with van der Waals surface area (Å²) in [6.07, 6.45) is 3.55. The van der Waals surface area contributed by atoms with E-state index in [9.17, 15) is 0 Å². The second-order valence-corrected chi connectivity index (χ2v) is 6.00. The molecule has 0 fully saturated rings. The number of hydrogen-bond acceptors (Lipinski definition) is 4. The van der Waals surface area contributed by atoms with Crippen molar-refractivity contribution in [2.45, 2.75) is 33.2 Å². The largest absolute Gasteiger partial charge is 0.496 e. The third-order valence-corrected chi connectivity index (χ3v) is 3.92. The molecular weight excluding hydrogens is 340 g/mol. The number of ether oxygens (including phenoxy) is 2. The Bertz CT molecular complexity index is 719. The first kappa shape index (κ1) is 20.6. The Morgan fingerprint density at radius 3 is 2.67 bits per heavy atom. The molecule has 0 saturated carbocycles. The third-order valence-electron chi connectivity index (χ3n) is 3.92. The van der Waals surface area contributed by atoms with E-state index in [4.69, 9.17) is 9.47 Å². The highest BCUT2D eigenvalue weighted by molar-refractivity contribution is 5.79. The van der Waals surface area contributed by atoms with Gasteiger partial charge in [0.15, 0.2) is 5.96 Å². The summed E-state index contributed by atoms with van der Waals surface area (Å²) in [4.78, 5) is 8.98. The molecule has 6 heteroatoms. The number of nitrogens with zero attached hydrogens (tertiary/aromatic N) is 2. The molecule has 2 rings (SSSR count). The van der Waals surface area contributed by atoms with E-state index in [2.05, 4.69) is 40.5 Å². The van der Waals surface area contributed by atoms with E-state index in [1.54, 1.807) is 13.3 Å². The SMILES string of the molecule is CCCOc1ncccc1CN=C(NCC)NCCc1ccccc1OC. The fraction of sp³-hybridized carbons (Fsp3) is 0.429. The van der Waals surface area contributed by atoms with E-state index < -0.39 is 0 Å². The molecule has 2 aromatic rings. The van der Waals surface area contributed by atoms with Crippen LogP contribution in [0.2, 0.25) is 0 Å². The van der Waals surface area contributed by atoms with Gasteiger partial charge >= 0.3 is 0 Å². The van der Waals surface area contributed by atoms with Crippen molar-refractivity contribution >= 4 is 5.96 Å². The maximum Gasteiger partial charge on any atom is 0.218 e. The Morgan fingerprint density at radius 1 is 1.07 bits per heavy atom. The molecule has 1 heterocycles. The molecule has 0 aliphatic carbocycles. The maximum absolute atomic E-state index is 5.71. The monoisotopic (exact) mass is 370 g/mol. The molecule has 1 aromatic carbocycles. The summed E-state index contributed by atoms with van der Waals surface area (Å²) in [6.45, 7) is 6.86. The van der Waals surface area contributed by atoms with Crippen molar-refractivity contribution < 1.29 is 9.47 Å². The first-order valence-electron chi connectivity index (χ1n) is 9.49. The number of aromatic nitrogens is 1. The summed E-state index contributed by atoms with van der Waals surface area (Å²) >= 11 is 0. The fourth-order valence-corrected chi connectivity index (χ4v) is 2.60. The smallest absolute Gasteiger partial charge is 0.218 e. The van der Waals surface area contributed by atoms with Crippen LogP contribution in [0, 0.1) is 0 Å². The van der Waals surface area contributed by atoms with Gasteiger partial charge in [0.2, 0.25) is 5.88 Å². The molecule has 0 radical (unpaired) electrons. The lowest BCUT2D eigenvalue weighted by atomic mass is 10.1. The van der Waals surface area contributed by atoms with E-state index in [1.807, 2.05) is 30.3 Å². The summed E-state index contributed by atoms with van der Waals surface area (Å²) in [7, 11) is 1.70. The molecule has 0 saturated heterocycles. The zero-order chi connectivity index (χ0) is 19.3. The molecule has 0 bridgehead atoms. The van der Waals surface area contributed by atoms with Gasteiger partial charge in [-0.1, -0.05) is 31.2 Å². The molecule has 146 valence electrons. The quantitative estimate of drug-likeness (QED) is 0.497. The Morgan fingerprint density at radius 2 is 1.89 bits per heavy atom. The molecule has 1 aromatic heterocycles. The van der Waals surface area contributed by atoms with E-state index >= 15 is 0 Å². The zero-order valence-corrected chi connectivity index (χ0v) is 16.5. The van der Waals surface area contributed by atoms with Crippen LogP contribution in [0.3, 0.4) is 0 Å². The van der Waals surface area contributed by atoms with Crippen LogP contribution in [0.1, 0.15) is 31.4 Å². The van der Waals surface area contributed by atoms with Gasteiger partial charge in [0, 0.05) is 24.8 Å². The lowest BCUT2D eigenvalue weighted by Gasteiger charge is -2.13. The first-order valence-corrected chi connectivity index (χ1v) is 9.49. The second kappa shape index (κ2) is 11.8. The fourth-order valence-electron chi connectivity index (χ4n) is 2.60. The summed E-state index contributed by atoms with van der Waals surface area (Å²) in [5.74, 6) is 2.35. The van der Waals surface area contributed by atoms with Gasteiger partial charge < -0.3 is 20.1 Å². The predicted octanol–water partition coefficient (Wildman–Crippen LogP) is 3.18. The highest BCUT2D eigenvalue weighted by Crippen LogP contribution is 2.17. The Kier molecular flexibility index (Phi) is 8.96. The van der Waals surface area contributed by atoms with E-state index in [0.29, 0.717) is 19.0 Å². The maximum atomic E-state index is 5.71. The lowest BCUT2D eigenvalue weighted by Crippen LogP contribution is -2.38. The highest BCUT2D eigenvalue weighted by Gasteiger charge is 2.06. The van der Waals surface area contributed by atoms with Crippen molar-refractivity contribution in [3.8, 4) is 11.6 Å². The highest BCUT2D eigenvalue weighted by atomic mass is 16.5. The van der Waals surface area contributed by atoms with Gasteiger partial charge in [-0.3, -0.25) is 0 Å². The van der Waals surface area contributed by atoms with Crippen LogP contribution in [0.25, 0.3) is 0 Å². The van der Waals surface area contributed by atoms with Crippen LogP contribution in [0.4, 0.5) is 0 Å². The van der Waals surface area contributed by atoms with Crippen LogP contribution < -0.4 is 20.1 Å². The number of methoxy groups -OCH3 is 1.